The lowest BCUT2D eigenvalue weighted by atomic mass is 9.34. The summed E-state index contributed by atoms with van der Waals surface area (Å²) < 4.78 is 0. The summed E-state index contributed by atoms with van der Waals surface area (Å²) in [5.41, 5.74) is 15.4. The van der Waals surface area contributed by atoms with Gasteiger partial charge in [0, 0.05) is 12.6 Å². The molecule has 0 aromatic heterocycles. The van der Waals surface area contributed by atoms with Gasteiger partial charge in [-0.05, 0) is 60.1 Å². The Bertz CT molecular complexity index is 1080. The minimum atomic E-state index is 0.170. The standard InChI is InChI=1S/C29H34BN/c1-10-27(31-9)26-17-25(12-11-20(26)4)30(28-21(5)13-18(2)14-22(28)6)29-23(7)15-19(3)16-24(29)8/h10-17H,1H2,2-9H3. The quantitative estimate of drug-likeness (QED) is 0.419. The van der Waals surface area contributed by atoms with Gasteiger partial charge in [0.2, 0.25) is 6.71 Å². The number of rotatable bonds is 5. The summed E-state index contributed by atoms with van der Waals surface area (Å²) in [5.74, 6) is 0. The highest BCUT2D eigenvalue weighted by molar-refractivity contribution is 6.96. The van der Waals surface area contributed by atoms with E-state index in [9.17, 15) is 0 Å². The molecule has 1 nitrogen and oxygen atoms in total. The molecule has 3 rings (SSSR count). The highest BCUT2D eigenvalue weighted by Gasteiger charge is 2.28. The second kappa shape index (κ2) is 9.10. The van der Waals surface area contributed by atoms with Gasteiger partial charge in [0.15, 0.2) is 0 Å². The maximum atomic E-state index is 4.48. The van der Waals surface area contributed by atoms with E-state index in [-0.39, 0.29) is 6.71 Å². The molecule has 0 saturated heterocycles. The topological polar surface area (TPSA) is 12.4 Å². The summed E-state index contributed by atoms with van der Waals surface area (Å²) in [4.78, 5) is 4.48. The Morgan fingerprint density at radius 1 is 0.710 bits per heavy atom. The predicted molar refractivity (Wildman–Crippen MR) is 140 cm³/mol. The zero-order valence-electron chi connectivity index (χ0n) is 20.4. The van der Waals surface area contributed by atoms with Gasteiger partial charge in [-0.3, -0.25) is 4.99 Å². The molecule has 158 valence electrons. The van der Waals surface area contributed by atoms with E-state index in [1.165, 1.54) is 55.3 Å². The largest absolute Gasteiger partial charge is 0.288 e. The summed E-state index contributed by atoms with van der Waals surface area (Å²) in [6.07, 6.45) is 1.85. The smallest absolute Gasteiger partial charge is 0.242 e. The molecule has 0 saturated carbocycles. The highest BCUT2D eigenvalue weighted by atomic mass is 14.7. The van der Waals surface area contributed by atoms with Crippen LogP contribution in [0.15, 0.2) is 60.1 Å². The molecule has 0 fully saturated rings. The van der Waals surface area contributed by atoms with Gasteiger partial charge in [0.05, 0.1) is 5.71 Å². The molecule has 0 atom stereocenters. The maximum absolute atomic E-state index is 4.48. The van der Waals surface area contributed by atoms with E-state index < -0.39 is 0 Å². The average molecular weight is 407 g/mol. The molecule has 2 heteroatoms. The van der Waals surface area contributed by atoms with Gasteiger partial charge in [-0.2, -0.15) is 0 Å². The van der Waals surface area contributed by atoms with Crippen LogP contribution in [-0.4, -0.2) is 19.5 Å². The maximum Gasteiger partial charge on any atom is 0.242 e. The van der Waals surface area contributed by atoms with Crippen molar-refractivity contribution in [3.8, 4) is 0 Å². The van der Waals surface area contributed by atoms with Gasteiger partial charge in [0.25, 0.3) is 0 Å². The first-order chi connectivity index (χ1) is 14.7. The third-order valence-corrected chi connectivity index (χ3v) is 6.36. The fourth-order valence-electron chi connectivity index (χ4n) is 5.19. The zero-order chi connectivity index (χ0) is 22.9. The lowest BCUT2D eigenvalue weighted by Gasteiger charge is -2.25. The van der Waals surface area contributed by atoms with Crippen LogP contribution < -0.4 is 16.4 Å². The van der Waals surface area contributed by atoms with E-state index in [1.54, 1.807) is 0 Å². The van der Waals surface area contributed by atoms with Crippen LogP contribution in [0, 0.1) is 48.5 Å². The Morgan fingerprint density at radius 3 is 1.55 bits per heavy atom. The Labute approximate surface area is 189 Å². The fourth-order valence-corrected chi connectivity index (χ4v) is 5.19. The minimum absolute atomic E-state index is 0.170. The number of benzene rings is 3. The van der Waals surface area contributed by atoms with Crippen LogP contribution >= 0.6 is 0 Å². The van der Waals surface area contributed by atoms with E-state index >= 15 is 0 Å². The van der Waals surface area contributed by atoms with E-state index in [0.717, 1.165) is 11.3 Å². The molecule has 0 aliphatic carbocycles. The Kier molecular flexibility index (Phi) is 6.69. The van der Waals surface area contributed by atoms with E-state index in [0.29, 0.717) is 0 Å². The summed E-state index contributed by atoms with van der Waals surface area (Å²) in [5, 5.41) is 0. The first-order valence-corrected chi connectivity index (χ1v) is 11.0. The molecule has 0 bridgehead atoms. The molecule has 0 heterocycles. The van der Waals surface area contributed by atoms with Gasteiger partial charge < -0.3 is 0 Å². The van der Waals surface area contributed by atoms with Crippen LogP contribution in [0.5, 0.6) is 0 Å². The van der Waals surface area contributed by atoms with Crippen molar-refractivity contribution in [3.63, 3.8) is 0 Å². The van der Waals surface area contributed by atoms with Crippen LogP contribution in [0.2, 0.25) is 0 Å². The Balaban J connectivity index is 2.40. The van der Waals surface area contributed by atoms with Crippen LogP contribution in [0.25, 0.3) is 0 Å². The fraction of sp³-hybridized carbons (Fsp3) is 0.276. The van der Waals surface area contributed by atoms with Crippen molar-refractivity contribution in [1.82, 2.24) is 0 Å². The van der Waals surface area contributed by atoms with E-state index in [2.05, 4.69) is 103 Å². The summed E-state index contributed by atoms with van der Waals surface area (Å²) in [6, 6.07) is 16.1. The monoisotopic (exact) mass is 407 g/mol. The molecule has 0 aliphatic heterocycles. The van der Waals surface area contributed by atoms with Crippen molar-refractivity contribution >= 4 is 28.8 Å². The highest BCUT2D eigenvalue weighted by Crippen LogP contribution is 2.15. The molecular formula is C29H34BN. The SMILES string of the molecule is C=CC(=NC)c1cc(B(c2c(C)cc(C)cc2C)c2c(C)cc(C)cc2C)ccc1C. The van der Waals surface area contributed by atoms with Crippen LogP contribution in [0.1, 0.15) is 44.5 Å². The van der Waals surface area contributed by atoms with E-state index in [4.69, 9.17) is 0 Å². The lowest BCUT2D eigenvalue weighted by Crippen LogP contribution is -2.56. The third-order valence-electron chi connectivity index (χ3n) is 6.36. The second-order valence-electron chi connectivity index (χ2n) is 8.95. The first-order valence-electron chi connectivity index (χ1n) is 11.0. The van der Waals surface area contributed by atoms with E-state index in [1.807, 2.05) is 13.1 Å². The number of hydrogen-bond donors (Lipinski definition) is 0. The van der Waals surface area contributed by atoms with Crippen molar-refractivity contribution in [3.05, 3.63) is 99.6 Å². The second-order valence-corrected chi connectivity index (χ2v) is 8.95. The van der Waals surface area contributed by atoms with Gasteiger partial charge >= 0.3 is 0 Å². The number of aliphatic imine (C=N–C) groups is 1. The summed E-state index contributed by atoms with van der Waals surface area (Å²) in [7, 11) is 1.84. The number of hydrogen-bond acceptors (Lipinski definition) is 1. The molecule has 0 radical (unpaired) electrons. The molecule has 0 spiro atoms. The molecule has 3 aromatic rings. The normalized spacial score (nSPS) is 11.5. The minimum Gasteiger partial charge on any atom is -0.288 e. The van der Waals surface area contributed by atoms with Crippen molar-refractivity contribution in [2.24, 2.45) is 4.99 Å². The third kappa shape index (κ3) is 4.44. The molecule has 0 aliphatic rings. The summed E-state index contributed by atoms with van der Waals surface area (Å²) in [6.45, 7) is 19.7. The van der Waals surface area contributed by atoms with Crippen molar-refractivity contribution in [2.45, 2.75) is 48.5 Å². The molecule has 0 amide bonds. The molecular weight excluding hydrogens is 373 g/mol. The Hall–Kier alpha value is -2.87. The van der Waals surface area contributed by atoms with Crippen LogP contribution in [0.3, 0.4) is 0 Å². The predicted octanol–water partition coefficient (Wildman–Crippen LogP) is 4.97. The molecule has 3 aromatic carbocycles. The van der Waals surface area contributed by atoms with Crippen molar-refractivity contribution in [1.29, 1.82) is 0 Å². The number of aryl methyl sites for hydroxylation is 7. The van der Waals surface area contributed by atoms with Crippen molar-refractivity contribution < 1.29 is 0 Å². The summed E-state index contributed by atoms with van der Waals surface area (Å²) >= 11 is 0. The first kappa shape index (κ1) is 22.8. The van der Waals surface area contributed by atoms with Crippen LogP contribution in [0.4, 0.5) is 0 Å². The van der Waals surface area contributed by atoms with Gasteiger partial charge in [-0.1, -0.05) is 98.8 Å². The Morgan fingerprint density at radius 2 is 1.16 bits per heavy atom. The molecule has 0 unspecified atom stereocenters. The van der Waals surface area contributed by atoms with Gasteiger partial charge in [0.1, 0.15) is 0 Å². The van der Waals surface area contributed by atoms with Gasteiger partial charge in [-0.15, -0.1) is 0 Å². The molecule has 31 heavy (non-hydrogen) atoms. The molecule has 0 N–H and O–H groups in total. The average Bonchev–Trinajstić information content (AvgIpc) is 2.67. The zero-order valence-corrected chi connectivity index (χ0v) is 20.4. The lowest BCUT2D eigenvalue weighted by molar-refractivity contribution is 1.34. The van der Waals surface area contributed by atoms with Gasteiger partial charge in [-0.25, -0.2) is 0 Å². The van der Waals surface area contributed by atoms with Crippen LogP contribution in [-0.2, 0) is 0 Å². The number of allylic oxidation sites excluding steroid dienone is 1. The number of nitrogens with zero attached hydrogens (tertiary/aromatic N) is 1. The van der Waals surface area contributed by atoms with Crippen molar-refractivity contribution in [2.75, 3.05) is 7.05 Å².